The van der Waals surface area contributed by atoms with Gasteiger partial charge < -0.3 is 5.32 Å². The Hall–Kier alpha value is -1.22. The quantitative estimate of drug-likeness (QED) is 0.790. The maximum atomic E-state index is 13.1. The molecule has 0 aliphatic heterocycles. The van der Waals surface area contributed by atoms with Crippen LogP contribution < -0.4 is 5.32 Å². The highest BCUT2D eigenvalue weighted by atomic mass is 19.1. The van der Waals surface area contributed by atoms with E-state index in [2.05, 4.69) is 17.5 Å². The maximum absolute atomic E-state index is 13.1. The van der Waals surface area contributed by atoms with Crippen molar-refractivity contribution in [3.63, 3.8) is 0 Å². The average molecular weight is 237 g/mol. The number of rotatable bonds is 3. The van der Waals surface area contributed by atoms with Gasteiger partial charge in [-0.05, 0) is 43.9 Å². The van der Waals surface area contributed by atoms with Crippen molar-refractivity contribution in [2.24, 2.45) is 0 Å². The van der Waals surface area contributed by atoms with E-state index >= 15 is 0 Å². The molecule has 1 aliphatic carbocycles. The summed E-state index contributed by atoms with van der Waals surface area (Å²) < 4.78 is 26.2. The predicted molar refractivity (Wildman–Crippen MR) is 64.7 cm³/mol. The number of halogens is 2. The summed E-state index contributed by atoms with van der Waals surface area (Å²) in [6.07, 6.45) is 7.47. The van der Waals surface area contributed by atoms with Crippen LogP contribution in [-0.4, -0.2) is 6.04 Å². The molecule has 2 rings (SSSR count). The number of allylic oxidation sites excluding steroid dienone is 1. The summed E-state index contributed by atoms with van der Waals surface area (Å²) in [5.41, 5.74) is 0.664. The fraction of sp³-hybridized carbons (Fsp3) is 0.429. The molecule has 2 unspecified atom stereocenters. The van der Waals surface area contributed by atoms with E-state index in [4.69, 9.17) is 0 Å². The first-order valence-corrected chi connectivity index (χ1v) is 6.02. The van der Waals surface area contributed by atoms with Gasteiger partial charge in [-0.15, -0.1) is 0 Å². The van der Waals surface area contributed by atoms with Gasteiger partial charge >= 0.3 is 0 Å². The van der Waals surface area contributed by atoms with Gasteiger partial charge in [0.2, 0.25) is 0 Å². The maximum Gasteiger partial charge on any atom is 0.126 e. The van der Waals surface area contributed by atoms with Gasteiger partial charge in [0.25, 0.3) is 0 Å². The van der Waals surface area contributed by atoms with Gasteiger partial charge in [0.15, 0.2) is 0 Å². The SMILES string of the molecule is CC(NC1CC=CCC1)c1cc(F)cc(F)c1. The van der Waals surface area contributed by atoms with Crippen LogP contribution in [0.3, 0.4) is 0 Å². The fourth-order valence-electron chi connectivity index (χ4n) is 2.22. The highest BCUT2D eigenvalue weighted by Gasteiger charge is 2.15. The van der Waals surface area contributed by atoms with Crippen molar-refractivity contribution >= 4 is 0 Å². The molecule has 0 saturated heterocycles. The van der Waals surface area contributed by atoms with Gasteiger partial charge in [0, 0.05) is 18.2 Å². The van der Waals surface area contributed by atoms with Crippen LogP contribution >= 0.6 is 0 Å². The van der Waals surface area contributed by atoms with Crippen LogP contribution in [0, 0.1) is 11.6 Å². The Labute approximate surface area is 101 Å². The zero-order valence-corrected chi connectivity index (χ0v) is 9.92. The molecule has 0 heterocycles. The molecule has 0 fully saturated rings. The van der Waals surface area contributed by atoms with Crippen molar-refractivity contribution in [2.45, 2.75) is 38.3 Å². The molecule has 92 valence electrons. The Morgan fingerprint density at radius 2 is 1.88 bits per heavy atom. The minimum atomic E-state index is -0.516. The van der Waals surface area contributed by atoms with E-state index in [1.54, 1.807) is 0 Å². The second kappa shape index (κ2) is 5.41. The normalized spacial score (nSPS) is 21.5. The van der Waals surface area contributed by atoms with Crippen molar-refractivity contribution in [2.75, 3.05) is 0 Å². The second-order valence-electron chi connectivity index (χ2n) is 4.57. The van der Waals surface area contributed by atoms with Crippen molar-refractivity contribution in [1.82, 2.24) is 5.32 Å². The van der Waals surface area contributed by atoms with E-state index in [1.165, 1.54) is 12.1 Å². The van der Waals surface area contributed by atoms with E-state index in [1.807, 2.05) is 6.92 Å². The lowest BCUT2D eigenvalue weighted by Crippen LogP contribution is -2.32. The molecule has 0 bridgehead atoms. The number of nitrogens with one attached hydrogen (secondary N) is 1. The highest BCUT2D eigenvalue weighted by molar-refractivity contribution is 5.21. The Morgan fingerprint density at radius 1 is 1.18 bits per heavy atom. The Morgan fingerprint density at radius 3 is 2.47 bits per heavy atom. The summed E-state index contributed by atoms with van der Waals surface area (Å²) in [5.74, 6) is -1.03. The molecule has 1 nitrogen and oxygen atoms in total. The number of benzene rings is 1. The van der Waals surface area contributed by atoms with Crippen molar-refractivity contribution in [3.8, 4) is 0 Å². The van der Waals surface area contributed by atoms with Crippen LogP contribution in [0.15, 0.2) is 30.4 Å². The molecule has 0 radical (unpaired) electrons. The standard InChI is InChI=1S/C14H17F2N/c1-10(17-14-5-3-2-4-6-14)11-7-12(15)9-13(16)8-11/h2-3,7-10,14,17H,4-6H2,1H3. The molecule has 0 aromatic heterocycles. The average Bonchev–Trinajstić information content (AvgIpc) is 2.29. The predicted octanol–water partition coefficient (Wildman–Crippen LogP) is 3.72. The summed E-state index contributed by atoms with van der Waals surface area (Å²) >= 11 is 0. The molecule has 1 aliphatic rings. The Bertz CT molecular complexity index is 394. The zero-order chi connectivity index (χ0) is 12.3. The lowest BCUT2D eigenvalue weighted by molar-refractivity contribution is 0.423. The van der Waals surface area contributed by atoms with Crippen molar-refractivity contribution in [3.05, 3.63) is 47.5 Å². The summed E-state index contributed by atoms with van der Waals surface area (Å²) in [5, 5.41) is 3.40. The third kappa shape index (κ3) is 3.37. The molecular formula is C14H17F2N. The first-order chi connectivity index (χ1) is 8.15. The smallest absolute Gasteiger partial charge is 0.126 e. The van der Waals surface area contributed by atoms with E-state index in [0.717, 1.165) is 25.3 Å². The lowest BCUT2D eigenvalue weighted by Gasteiger charge is -2.24. The summed E-state index contributed by atoms with van der Waals surface area (Å²) in [6, 6.07) is 4.05. The van der Waals surface area contributed by atoms with E-state index in [9.17, 15) is 8.78 Å². The first kappa shape index (κ1) is 12.2. The minimum absolute atomic E-state index is 0.0308. The Balaban J connectivity index is 2.03. The molecular weight excluding hydrogens is 220 g/mol. The van der Waals surface area contributed by atoms with Crippen LogP contribution in [0.4, 0.5) is 8.78 Å². The van der Waals surface area contributed by atoms with Gasteiger partial charge in [-0.25, -0.2) is 8.78 Å². The van der Waals surface area contributed by atoms with Gasteiger partial charge in [0.05, 0.1) is 0 Å². The summed E-state index contributed by atoms with van der Waals surface area (Å²) in [6.45, 7) is 1.94. The van der Waals surface area contributed by atoms with E-state index in [-0.39, 0.29) is 6.04 Å². The summed E-state index contributed by atoms with van der Waals surface area (Å²) in [4.78, 5) is 0. The number of hydrogen-bond acceptors (Lipinski definition) is 1. The number of hydrogen-bond donors (Lipinski definition) is 1. The Kier molecular flexibility index (Phi) is 3.89. The summed E-state index contributed by atoms with van der Waals surface area (Å²) in [7, 11) is 0. The molecule has 2 atom stereocenters. The van der Waals surface area contributed by atoms with Crippen LogP contribution in [0.1, 0.15) is 37.8 Å². The molecule has 1 aromatic rings. The van der Waals surface area contributed by atoms with Crippen LogP contribution in [-0.2, 0) is 0 Å². The van der Waals surface area contributed by atoms with Crippen LogP contribution in [0.5, 0.6) is 0 Å². The second-order valence-corrected chi connectivity index (χ2v) is 4.57. The van der Waals surface area contributed by atoms with Crippen molar-refractivity contribution < 1.29 is 8.78 Å². The van der Waals surface area contributed by atoms with Gasteiger partial charge in [0.1, 0.15) is 11.6 Å². The minimum Gasteiger partial charge on any atom is -0.307 e. The molecule has 0 amide bonds. The van der Waals surface area contributed by atoms with Gasteiger partial charge in [-0.3, -0.25) is 0 Å². The van der Waals surface area contributed by atoms with Gasteiger partial charge in [-0.2, -0.15) is 0 Å². The third-order valence-corrected chi connectivity index (χ3v) is 3.14. The largest absolute Gasteiger partial charge is 0.307 e. The molecule has 3 heteroatoms. The highest BCUT2D eigenvalue weighted by Crippen LogP contribution is 2.19. The first-order valence-electron chi connectivity index (χ1n) is 6.02. The van der Waals surface area contributed by atoms with E-state index < -0.39 is 11.6 Å². The zero-order valence-electron chi connectivity index (χ0n) is 9.92. The topological polar surface area (TPSA) is 12.0 Å². The molecule has 1 N–H and O–H groups in total. The van der Waals surface area contributed by atoms with Crippen molar-refractivity contribution in [1.29, 1.82) is 0 Å². The third-order valence-electron chi connectivity index (χ3n) is 3.14. The fourth-order valence-corrected chi connectivity index (χ4v) is 2.22. The van der Waals surface area contributed by atoms with Crippen LogP contribution in [0.25, 0.3) is 0 Å². The lowest BCUT2D eigenvalue weighted by atomic mass is 9.99. The monoisotopic (exact) mass is 237 g/mol. The molecule has 0 saturated carbocycles. The molecule has 17 heavy (non-hydrogen) atoms. The van der Waals surface area contributed by atoms with Gasteiger partial charge in [-0.1, -0.05) is 12.2 Å². The molecule has 0 spiro atoms. The van der Waals surface area contributed by atoms with E-state index in [0.29, 0.717) is 11.6 Å². The van der Waals surface area contributed by atoms with Crippen LogP contribution in [0.2, 0.25) is 0 Å². The molecule has 1 aromatic carbocycles.